The van der Waals surface area contributed by atoms with Crippen LogP contribution in [0.3, 0.4) is 0 Å². The number of thiocarbonyl (C=S) groups is 1. The Morgan fingerprint density at radius 2 is 2.11 bits per heavy atom. The van der Waals surface area contributed by atoms with Gasteiger partial charge in [0.1, 0.15) is 11.6 Å². The first-order valence-corrected chi connectivity index (χ1v) is 6.76. The fourth-order valence-electron chi connectivity index (χ4n) is 1.29. The summed E-state index contributed by atoms with van der Waals surface area (Å²) >= 11 is 7.92. The highest BCUT2D eigenvalue weighted by Crippen LogP contribution is 2.28. The zero-order valence-corrected chi connectivity index (χ0v) is 12.4. The van der Waals surface area contributed by atoms with Crippen molar-refractivity contribution in [2.75, 3.05) is 19.8 Å². The van der Waals surface area contributed by atoms with E-state index in [1.54, 1.807) is 6.07 Å². The third-order valence-corrected chi connectivity index (χ3v) is 3.14. The van der Waals surface area contributed by atoms with Crippen LogP contribution in [0.2, 0.25) is 0 Å². The summed E-state index contributed by atoms with van der Waals surface area (Å²) in [6.07, 6.45) is 0.947. The van der Waals surface area contributed by atoms with Crippen molar-refractivity contribution in [1.29, 1.82) is 0 Å². The molecule has 0 unspecified atom stereocenters. The van der Waals surface area contributed by atoms with E-state index in [-0.39, 0.29) is 15.2 Å². The highest BCUT2D eigenvalue weighted by molar-refractivity contribution is 9.10. The lowest BCUT2D eigenvalue weighted by Crippen LogP contribution is -2.12. The molecule has 1 aromatic carbocycles. The Hall–Kier alpha value is -0.720. The molecular weight excluding hydrogens is 321 g/mol. The van der Waals surface area contributed by atoms with Crippen LogP contribution in [0.4, 0.5) is 4.39 Å². The predicted molar refractivity (Wildman–Crippen MR) is 76.6 cm³/mol. The average Bonchev–Trinajstić information content (AvgIpc) is 2.33. The largest absolute Gasteiger partial charge is 0.488 e. The Kier molecular flexibility index (Phi) is 6.52. The Morgan fingerprint density at radius 1 is 1.39 bits per heavy atom. The molecule has 0 aromatic heterocycles. The minimum atomic E-state index is -0.504. The van der Waals surface area contributed by atoms with E-state index in [1.807, 2.05) is 6.92 Å². The molecule has 0 heterocycles. The summed E-state index contributed by atoms with van der Waals surface area (Å²) in [5, 5.41) is 0. The smallest absolute Gasteiger partial charge is 0.179 e. The van der Waals surface area contributed by atoms with Gasteiger partial charge in [-0.2, -0.15) is 0 Å². The zero-order valence-electron chi connectivity index (χ0n) is 10.0. The lowest BCUT2D eigenvalue weighted by Gasteiger charge is -2.10. The van der Waals surface area contributed by atoms with Gasteiger partial charge in [0, 0.05) is 12.2 Å². The van der Waals surface area contributed by atoms with Gasteiger partial charge in [0.2, 0.25) is 0 Å². The Balaban J connectivity index is 2.62. The number of halogens is 2. The van der Waals surface area contributed by atoms with Crippen molar-refractivity contribution >= 4 is 33.1 Å². The van der Waals surface area contributed by atoms with Gasteiger partial charge in [-0.1, -0.05) is 19.1 Å². The van der Waals surface area contributed by atoms with Gasteiger partial charge in [0.15, 0.2) is 11.6 Å². The molecule has 100 valence electrons. The molecule has 0 atom stereocenters. The van der Waals surface area contributed by atoms with Gasteiger partial charge >= 0.3 is 0 Å². The van der Waals surface area contributed by atoms with Gasteiger partial charge in [-0.05, 0) is 34.5 Å². The van der Waals surface area contributed by atoms with E-state index in [0.717, 1.165) is 6.42 Å². The quantitative estimate of drug-likeness (QED) is 0.614. The van der Waals surface area contributed by atoms with Crippen molar-refractivity contribution in [2.45, 2.75) is 13.3 Å². The lowest BCUT2D eigenvalue weighted by molar-refractivity contribution is 0.0991. The molecule has 2 N–H and O–H groups in total. The van der Waals surface area contributed by atoms with Crippen LogP contribution in [0.15, 0.2) is 16.6 Å². The monoisotopic (exact) mass is 335 g/mol. The molecule has 0 aliphatic heterocycles. The summed E-state index contributed by atoms with van der Waals surface area (Å²) in [7, 11) is 0. The van der Waals surface area contributed by atoms with E-state index in [1.165, 1.54) is 6.07 Å². The Bertz CT molecular complexity index is 429. The maximum absolute atomic E-state index is 13.9. The molecule has 0 amide bonds. The van der Waals surface area contributed by atoms with Crippen molar-refractivity contribution in [1.82, 2.24) is 0 Å². The molecule has 0 radical (unpaired) electrons. The average molecular weight is 336 g/mol. The third kappa shape index (κ3) is 4.19. The summed E-state index contributed by atoms with van der Waals surface area (Å²) in [6.45, 7) is 3.43. The van der Waals surface area contributed by atoms with Gasteiger partial charge in [0.25, 0.3) is 0 Å². The first kappa shape index (κ1) is 15.3. The van der Waals surface area contributed by atoms with Crippen molar-refractivity contribution in [3.63, 3.8) is 0 Å². The highest BCUT2D eigenvalue weighted by Gasteiger charge is 2.13. The molecule has 0 bridgehead atoms. The number of nitrogens with two attached hydrogens (primary N) is 1. The second-order valence-corrected chi connectivity index (χ2v) is 4.80. The van der Waals surface area contributed by atoms with Crippen LogP contribution in [-0.4, -0.2) is 24.8 Å². The maximum Gasteiger partial charge on any atom is 0.179 e. The van der Waals surface area contributed by atoms with E-state index in [2.05, 4.69) is 15.9 Å². The summed E-state index contributed by atoms with van der Waals surface area (Å²) < 4.78 is 24.6. The van der Waals surface area contributed by atoms with Crippen LogP contribution < -0.4 is 10.5 Å². The minimum absolute atomic E-state index is 0.138. The van der Waals surface area contributed by atoms with Crippen molar-refractivity contribution in [3.05, 3.63) is 28.0 Å². The van der Waals surface area contributed by atoms with Gasteiger partial charge in [-0.3, -0.25) is 0 Å². The minimum Gasteiger partial charge on any atom is -0.488 e. The second kappa shape index (κ2) is 7.66. The number of rotatable bonds is 7. The summed E-state index contributed by atoms with van der Waals surface area (Å²) in [4.78, 5) is 0.138. The van der Waals surface area contributed by atoms with E-state index in [0.29, 0.717) is 25.4 Å². The first-order chi connectivity index (χ1) is 8.57. The molecular formula is C12H15BrFNO2S. The SMILES string of the molecule is CCCOCCOc1ccc(C(N)=S)c(Br)c1F. The zero-order chi connectivity index (χ0) is 13.5. The second-order valence-electron chi connectivity index (χ2n) is 3.56. The van der Waals surface area contributed by atoms with Crippen LogP contribution in [0.1, 0.15) is 18.9 Å². The van der Waals surface area contributed by atoms with E-state index >= 15 is 0 Å². The van der Waals surface area contributed by atoms with Crippen LogP contribution in [0, 0.1) is 5.82 Å². The lowest BCUT2D eigenvalue weighted by atomic mass is 10.2. The van der Waals surface area contributed by atoms with Crippen LogP contribution in [-0.2, 0) is 4.74 Å². The third-order valence-electron chi connectivity index (χ3n) is 2.15. The molecule has 6 heteroatoms. The van der Waals surface area contributed by atoms with E-state index in [4.69, 9.17) is 27.4 Å². The fourth-order valence-corrected chi connectivity index (χ4v) is 2.13. The molecule has 0 fully saturated rings. The highest BCUT2D eigenvalue weighted by atomic mass is 79.9. The molecule has 0 spiro atoms. The van der Waals surface area contributed by atoms with E-state index < -0.39 is 5.82 Å². The topological polar surface area (TPSA) is 44.5 Å². The molecule has 0 saturated heterocycles. The summed E-state index contributed by atoms with van der Waals surface area (Å²) in [5.74, 6) is -0.349. The molecule has 18 heavy (non-hydrogen) atoms. The maximum atomic E-state index is 13.9. The van der Waals surface area contributed by atoms with E-state index in [9.17, 15) is 4.39 Å². The van der Waals surface area contributed by atoms with Crippen LogP contribution in [0.25, 0.3) is 0 Å². The van der Waals surface area contributed by atoms with Gasteiger partial charge in [0.05, 0.1) is 11.1 Å². The molecule has 1 aromatic rings. The van der Waals surface area contributed by atoms with Crippen molar-refractivity contribution in [2.24, 2.45) is 5.73 Å². The van der Waals surface area contributed by atoms with Crippen molar-refractivity contribution < 1.29 is 13.9 Å². The van der Waals surface area contributed by atoms with Crippen molar-refractivity contribution in [3.8, 4) is 5.75 Å². The number of benzene rings is 1. The summed E-state index contributed by atoms with van der Waals surface area (Å²) in [6, 6.07) is 3.13. The molecule has 0 aliphatic rings. The predicted octanol–water partition coefficient (Wildman–Crippen LogP) is 3.03. The van der Waals surface area contributed by atoms with Gasteiger partial charge < -0.3 is 15.2 Å². The molecule has 1 rings (SSSR count). The Morgan fingerprint density at radius 3 is 2.72 bits per heavy atom. The first-order valence-electron chi connectivity index (χ1n) is 5.56. The van der Waals surface area contributed by atoms with Gasteiger partial charge in [-0.15, -0.1) is 0 Å². The molecule has 0 aliphatic carbocycles. The summed E-state index contributed by atoms with van der Waals surface area (Å²) in [5.41, 5.74) is 5.92. The Labute approximate surface area is 120 Å². The number of hydrogen-bond acceptors (Lipinski definition) is 3. The normalized spacial score (nSPS) is 10.4. The standard InChI is InChI=1S/C12H15BrFNO2S/c1-2-5-16-6-7-17-9-4-3-8(12(15)18)10(13)11(9)14/h3-4H,2,5-7H2,1H3,(H2,15,18). The fraction of sp³-hybridized carbons (Fsp3) is 0.417. The molecule has 3 nitrogen and oxygen atoms in total. The molecule has 0 saturated carbocycles. The van der Waals surface area contributed by atoms with Gasteiger partial charge in [-0.25, -0.2) is 4.39 Å². The number of ether oxygens (including phenoxy) is 2. The van der Waals surface area contributed by atoms with Crippen LogP contribution >= 0.6 is 28.1 Å². The number of hydrogen-bond donors (Lipinski definition) is 1. The van der Waals surface area contributed by atoms with Crippen LogP contribution in [0.5, 0.6) is 5.75 Å².